The van der Waals surface area contributed by atoms with Gasteiger partial charge in [0.05, 0.1) is 11.3 Å². The number of anilines is 4. The Hall–Kier alpha value is -3.02. The zero-order chi connectivity index (χ0) is 15.4. The van der Waals surface area contributed by atoms with E-state index in [1.54, 1.807) is 36.4 Å². The van der Waals surface area contributed by atoms with Crippen LogP contribution in [-0.2, 0) is 4.79 Å². The van der Waals surface area contributed by atoms with Crippen molar-refractivity contribution in [2.75, 3.05) is 16.4 Å². The van der Waals surface area contributed by atoms with Crippen LogP contribution >= 0.6 is 0 Å². The van der Waals surface area contributed by atoms with Crippen LogP contribution in [0.4, 0.5) is 22.7 Å². The molecule has 0 radical (unpaired) electrons. The maximum Gasteiger partial charge on any atom is 0.337 e. The second-order valence-corrected chi connectivity index (χ2v) is 4.49. The quantitative estimate of drug-likeness (QED) is 0.646. The Morgan fingerprint density at radius 1 is 1.05 bits per heavy atom. The van der Waals surface area contributed by atoms with Gasteiger partial charge < -0.3 is 21.5 Å². The molecule has 0 atom stereocenters. The smallest absolute Gasteiger partial charge is 0.337 e. The van der Waals surface area contributed by atoms with Crippen molar-refractivity contribution in [1.29, 1.82) is 0 Å². The van der Waals surface area contributed by atoms with E-state index in [4.69, 9.17) is 10.8 Å². The summed E-state index contributed by atoms with van der Waals surface area (Å²) in [6, 6.07) is 11.6. The highest BCUT2D eigenvalue weighted by atomic mass is 16.4. The van der Waals surface area contributed by atoms with Crippen molar-refractivity contribution in [1.82, 2.24) is 0 Å². The molecular weight excluding hydrogens is 270 g/mol. The van der Waals surface area contributed by atoms with E-state index in [0.29, 0.717) is 22.7 Å². The van der Waals surface area contributed by atoms with E-state index in [1.165, 1.54) is 13.0 Å². The Morgan fingerprint density at radius 2 is 1.67 bits per heavy atom. The predicted molar refractivity (Wildman–Crippen MR) is 81.8 cm³/mol. The molecule has 0 aliphatic heterocycles. The monoisotopic (exact) mass is 285 g/mol. The lowest BCUT2D eigenvalue weighted by atomic mass is 10.1. The van der Waals surface area contributed by atoms with Crippen molar-refractivity contribution in [3.05, 3.63) is 48.0 Å². The van der Waals surface area contributed by atoms with Crippen LogP contribution in [-0.4, -0.2) is 17.0 Å². The molecule has 0 aliphatic carbocycles. The first kappa shape index (κ1) is 14.4. The zero-order valence-electron chi connectivity index (χ0n) is 11.4. The molecular formula is C15H15N3O3. The second-order valence-electron chi connectivity index (χ2n) is 4.49. The molecule has 0 spiro atoms. The molecule has 0 saturated carbocycles. The summed E-state index contributed by atoms with van der Waals surface area (Å²) in [4.78, 5) is 22.1. The van der Waals surface area contributed by atoms with Gasteiger partial charge in [-0.1, -0.05) is 0 Å². The van der Waals surface area contributed by atoms with Gasteiger partial charge >= 0.3 is 5.97 Å². The standard InChI is InChI=1S/C15H15N3O3/c1-9(19)17-11-3-5-12(6-4-11)18-14-7-2-10(16)8-13(14)15(20)21/h2-8,18H,16H2,1H3,(H,17,19)(H,20,21). The van der Waals surface area contributed by atoms with Crippen LogP contribution < -0.4 is 16.4 Å². The van der Waals surface area contributed by atoms with Gasteiger partial charge in [-0.2, -0.15) is 0 Å². The number of nitrogens with two attached hydrogens (primary N) is 1. The number of nitrogen functional groups attached to an aromatic ring is 1. The first-order valence-corrected chi connectivity index (χ1v) is 6.23. The van der Waals surface area contributed by atoms with E-state index in [9.17, 15) is 9.59 Å². The van der Waals surface area contributed by atoms with Gasteiger partial charge in [-0.05, 0) is 42.5 Å². The van der Waals surface area contributed by atoms with E-state index < -0.39 is 5.97 Å². The lowest BCUT2D eigenvalue weighted by Crippen LogP contribution is -2.06. The molecule has 21 heavy (non-hydrogen) atoms. The molecule has 5 N–H and O–H groups in total. The Labute approximate surface area is 121 Å². The van der Waals surface area contributed by atoms with Gasteiger partial charge in [0, 0.05) is 24.0 Å². The number of benzene rings is 2. The van der Waals surface area contributed by atoms with Gasteiger partial charge in [0.1, 0.15) is 0 Å². The lowest BCUT2D eigenvalue weighted by Gasteiger charge is -2.11. The fraction of sp³-hybridized carbons (Fsp3) is 0.0667. The van der Waals surface area contributed by atoms with Crippen LogP contribution in [0.15, 0.2) is 42.5 Å². The summed E-state index contributed by atoms with van der Waals surface area (Å²) < 4.78 is 0. The maximum atomic E-state index is 11.2. The van der Waals surface area contributed by atoms with E-state index in [1.807, 2.05) is 0 Å². The number of carboxylic acid groups (broad SMARTS) is 1. The van der Waals surface area contributed by atoms with Crippen LogP contribution in [0, 0.1) is 0 Å². The summed E-state index contributed by atoms with van der Waals surface area (Å²) in [6.45, 7) is 1.43. The first-order chi connectivity index (χ1) is 9.95. The van der Waals surface area contributed by atoms with Crippen molar-refractivity contribution in [3.8, 4) is 0 Å². The average molecular weight is 285 g/mol. The fourth-order valence-corrected chi connectivity index (χ4v) is 1.84. The van der Waals surface area contributed by atoms with E-state index in [2.05, 4.69) is 10.6 Å². The molecule has 6 nitrogen and oxygen atoms in total. The summed E-state index contributed by atoms with van der Waals surface area (Å²) in [5.74, 6) is -1.21. The molecule has 0 unspecified atom stereocenters. The topological polar surface area (TPSA) is 104 Å². The summed E-state index contributed by atoms with van der Waals surface area (Å²) in [7, 11) is 0. The third kappa shape index (κ3) is 3.73. The number of rotatable bonds is 4. The van der Waals surface area contributed by atoms with Crippen molar-refractivity contribution >= 4 is 34.6 Å². The van der Waals surface area contributed by atoms with Gasteiger partial charge in [0.2, 0.25) is 5.91 Å². The van der Waals surface area contributed by atoms with Crippen LogP contribution in [0.25, 0.3) is 0 Å². The number of carboxylic acids is 1. The van der Waals surface area contributed by atoms with Gasteiger partial charge in [-0.25, -0.2) is 4.79 Å². The normalized spacial score (nSPS) is 9.95. The lowest BCUT2D eigenvalue weighted by molar-refractivity contribution is -0.114. The summed E-state index contributed by atoms with van der Waals surface area (Å²) in [5, 5.41) is 14.8. The highest BCUT2D eigenvalue weighted by Gasteiger charge is 2.10. The minimum absolute atomic E-state index is 0.0981. The molecule has 108 valence electrons. The molecule has 0 saturated heterocycles. The highest BCUT2D eigenvalue weighted by Crippen LogP contribution is 2.24. The second kappa shape index (κ2) is 5.96. The molecule has 0 aromatic heterocycles. The Bertz CT molecular complexity index is 681. The molecule has 2 aromatic rings. The van der Waals surface area contributed by atoms with Gasteiger partial charge in [-0.15, -0.1) is 0 Å². The number of carbonyl (C=O) groups is 2. The number of nitrogens with one attached hydrogen (secondary N) is 2. The van der Waals surface area contributed by atoms with Crippen molar-refractivity contribution in [2.24, 2.45) is 0 Å². The molecule has 0 aliphatic rings. The minimum Gasteiger partial charge on any atom is -0.478 e. The largest absolute Gasteiger partial charge is 0.478 e. The van der Waals surface area contributed by atoms with E-state index in [-0.39, 0.29) is 11.5 Å². The third-order valence-corrected chi connectivity index (χ3v) is 2.76. The molecule has 0 bridgehead atoms. The van der Waals surface area contributed by atoms with Crippen LogP contribution in [0.5, 0.6) is 0 Å². The van der Waals surface area contributed by atoms with Crippen molar-refractivity contribution in [2.45, 2.75) is 6.92 Å². The highest BCUT2D eigenvalue weighted by molar-refractivity contribution is 5.96. The van der Waals surface area contributed by atoms with Crippen LogP contribution in [0.2, 0.25) is 0 Å². The van der Waals surface area contributed by atoms with Gasteiger partial charge in [0.15, 0.2) is 0 Å². The predicted octanol–water partition coefficient (Wildman–Crippen LogP) is 2.67. The fourth-order valence-electron chi connectivity index (χ4n) is 1.84. The molecule has 2 aromatic carbocycles. The van der Waals surface area contributed by atoms with Gasteiger partial charge in [-0.3, -0.25) is 4.79 Å². The first-order valence-electron chi connectivity index (χ1n) is 6.23. The van der Waals surface area contributed by atoms with Crippen molar-refractivity contribution < 1.29 is 14.7 Å². The summed E-state index contributed by atoms with van der Waals surface area (Å²) in [6.07, 6.45) is 0. The summed E-state index contributed by atoms with van der Waals surface area (Å²) >= 11 is 0. The Balaban J connectivity index is 2.22. The number of carbonyl (C=O) groups excluding carboxylic acids is 1. The Kier molecular flexibility index (Phi) is 4.08. The third-order valence-electron chi connectivity index (χ3n) is 2.76. The zero-order valence-corrected chi connectivity index (χ0v) is 11.4. The molecule has 2 rings (SSSR count). The number of hydrogen-bond acceptors (Lipinski definition) is 4. The molecule has 1 amide bonds. The van der Waals surface area contributed by atoms with Crippen LogP contribution in [0.3, 0.4) is 0 Å². The molecule has 0 fully saturated rings. The van der Waals surface area contributed by atoms with Gasteiger partial charge in [0.25, 0.3) is 0 Å². The minimum atomic E-state index is -1.06. The van der Waals surface area contributed by atoms with Crippen molar-refractivity contribution in [3.63, 3.8) is 0 Å². The van der Waals surface area contributed by atoms with E-state index >= 15 is 0 Å². The van der Waals surface area contributed by atoms with Crippen LogP contribution in [0.1, 0.15) is 17.3 Å². The maximum absolute atomic E-state index is 11.2. The Morgan fingerprint density at radius 3 is 2.24 bits per heavy atom. The number of amides is 1. The number of aromatic carboxylic acids is 1. The molecule has 6 heteroatoms. The summed E-state index contributed by atoms with van der Waals surface area (Å²) in [5.41, 5.74) is 7.90. The van der Waals surface area contributed by atoms with E-state index in [0.717, 1.165) is 0 Å². The molecule has 0 heterocycles. The number of hydrogen-bond donors (Lipinski definition) is 4. The SMILES string of the molecule is CC(=O)Nc1ccc(Nc2ccc(N)cc2C(=O)O)cc1. The average Bonchev–Trinajstić information content (AvgIpc) is 2.42.